The van der Waals surface area contributed by atoms with Crippen LogP contribution in [0.3, 0.4) is 0 Å². The standard InChI is InChI=1S/C14H12ClF2N3O/c1-8(19-10-3-4-11(16)12(17)6-10)14(21)20-13-5-2-9(15)7-18-13/h2-8,19H,1H3,(H,18,20,21). The molecule has 1 heterocycles. The molecule has 2 N–H and O–H groups in total. The van der Waals surface area contributed by atoms with E-state index in [1.165, 1.54) is 12.3 Å². The van der Waals surface area contributed by atoms with Gasteiger partial charge in [0.1, 0.15) is 11.9 Å². The third kappa shape index (κ3) is 4.13. The van der Waals surface area contributed by atoms with E-state index in [1.54, 1.807) is 19.1 Å². The molecule has 2 rings (SSSR count). The Morgan fingerprint density at radius 2 is 2.00 bits per heavy atom. The molecular formula is C14H12ClF2N3O. The van der Waals surface area contributed by atoms with Gasteiger partial charge in [0.05, 0.1) is 5.02 Å². The summed E-state index contributed by atoms with van der Waals surface area (Å²) in [6.45, 7) is 1.59. The minimum absolute atomic E-state index is 0.306. The number of hydrogen-bond acceptors (Lipinski definition) is 3. The van der Waals surface area contributed by atoms with Crippen molar-refractivity contribution in [2.45, 2.75) is 13.0 Å². The number of anilines is 2. The molecule has 0 spiro atoms. The molecule has 0 aliphatic carbocycles. The molecule has 0 aliphatic heterocycles. The third-order valence-corrected chi connectivity index (χ3v) is 2.90. The molecule has 0 saturated heterocycles. The molecule has 2 aromatic rings. The number of amides is 1. The van der Waals surface area contributed by atoms with Crippen molar-refractivity contribution in [2.75, 3.05) is 10.6 Å². The van der Waals surface area contributed by atoms with Crippen LogP contribution in [0.25, 0.3) is 0 Å². The molecule has 21 heavy (non-hydrogen) atoms. The fraction of sp³-hybridized carbons (Fsp3) is 0.143. The highest BCUT2D eigenvalue weighted by atomic mass is 35.5. The smallest absolute Gasteiger partial charge is 0.247 e. The van der Waals surface area contributed by atoms with Crippen LogP contribution < -0.4 is 10.6 Å². The van der Waals surface area contributed by atoms with Crippen LogP contribution in [0.4, 0.5) is 20.3 Å². The van der Waals surface area contributed by atoms with Gasteiger partial charge in [0.25, 0.3) is 0 Å². The summed E-state index contributed by atoms with van der Waals surface area (Å²) in [5, 5.41) is 5.80. The molecule has 1 aromatic heterocycles. The number of hydrogen-bond donors (Lipinski definition) is 2. The maximum atomic E-state index is 13.1. The topological polar surface area (TPSA) is 54.0 Å². The van der Waals surface area contributed by atoms with Crippen molar-refractivity contribution < 1.29 is 13.6 Å². The van der Waals surface area contributed by atoms with Gasteiger partial charge in [0, 0.05) is 18.0 Å². The van der Waals surface area contributed by atoms with Gasteiger partial charge in [-0.15, -0.1) is 0 Å². The minimum atomic E-state index is -0.980. The number of nitrogens with zero attached hydrogens (tertiary/aromatic N) is 1. The van der Waals surface area contributed by atoms with Crippen molar-refractivity contribution in [3.05, 3.63) is 53.2 Å². The maximum Gasteiger partial charge on any atom is 0.247 e. The first-order chi connectivity index (χ1) is 9.95. The molecule has 110 valence electrons. The van der Waals surface area contributed by atoms with Gasteiger partial charge in [-0.3, -0.25) is 4.79 Å². The quantitative estimate of drug-likeness (QED) is 0.909. The second-order valence-corrected chi connectivity index (χ2v) is 4.78. The molecule has 1 aromatic carbocycles. The molecule has 0 aliphatic rings. The predicted octanol–water partition coefficient (Wildman–Crippen LogP) is 3.45. The number of carbonyl (C=O) groups excluding carboxylic acids is 1. The summed E-state index contributed by atoms with van der Waals surface area (Å²) >= 11 is 5.69. The number of benzene rings is 1. The second kappa shape index (κ2) is 6.49. The molecule has 0 fully saturated rings. The Hall–Kier alpha value is -2.21. The summed E-state index contributed by atoms with van der Waals surface area (Å²) in [5.41, 5.74) is 0.306. The molecule has 0 saturated carbocycles. The first-order valence-corrected chi connectivity index (χ1v) is 6.47. The van der Waals surface area contributed by atoms with Gasteiger partial charge in [-0.05, 0) is 31.2 Å². The highest BCUT2D eigenvalue weighted by Crippen LogP contribution is 2.15. The van der Waals surface area contributed by atoms with Crippen LogP contribution in [0.5, 0.6) is 0 Å². The van der Waals surface area contributed by atoms with Crippen molar-refractivity contribution in [3.63, 3.8) is 0 Å². The second-order valence-electron chi connectivity index (χ2n) is 4.35. The maximum absolute atomic E-state index is 13.1. The molecular weight excluding hydrogens is 300 g/mol. The van der Waals surface area contributed by atoms with Gasteiger partial charge in [0.15, 0.2) is 11.6 Å². The van der Waals surface area contributed by atoms with E-state index in [2.05, 4.69) is 15.6 Å². The van der Waals surface area contributed by atoms with Gasteiger partial charge in [-0.1, -0.05) is 11.6 Å². The van der Waals surface area contributed by atoms with Crippen LogP contribution in [0, 0.1) is 11.6 Å². The van der Waals surface area contributed by atoms with Gasteiger partial charge in [-0.2, -0.15) is 0 Å². The zero-order valence-corrected chi connectivity index (χ0v) is 11.8. The summed E-state index contributed by atoms with van der Waals surface area (Å²) in [4.78, 5) is 15.9. The average molecular weight is 312 g/mol. The Balaban J connectivity index is 1.98. The van der Waals surface area contributed by atoms with Crippen LogP contribution in [-0.4, -0.2) is 16.9 Å². The molecule has 0 bridgehead atoms. The fourth-order valence-corrected chi connectivity index (χ4v) is 1.70. The Morgan fingerprint density at radius 1 is 1.24 bits per heavy atom. The largest absolute Gasteiger partial charge is 0.374 e. The van der Waals surface area contributed by atoms with E-state index in [-0.39, 0.29) is 5.91 Å². The highest BCUT2D eigenvalue weighted by molar-refractivity contribution is 6.30. The summed E-state index contributed by atoms with van der Waals surface area (Å²) in [6, 6.07) is 5.82. The van der Waals surface area contributed by atoms with Gasteiger partial charge in [-0.25, -0.2) is 13.8 Å². The fourth-order valence-electron chi connectivity index (χ4n) is 1.59. The third-order valence-electron chi connectivity index (χ3n) is 2.67. The number of rotatable bonds is 4. The van der Waals surface area contributed by atoms with Crippen molar-refractivity contribution in [2.24, 2.45) is 0 Å². The van der Waals surface area contributed by atoms with Crippen LogP contribution in [0.15, 0.2) is 36.5 Å². The zero-order valence-electron chi connectivity index (χ0n) is 11.0. The Morgan fingerprint density at radius 3 is 2.62 bits per heavy atom. The average Bonchev–Trinajstić information content (AvgIpc) is 2.45. The summed E-state index contributed by atoms with van der Waals surface area (Å²) in [7, 11) is 0. The molecule has 1 amide bonds. The number of aromatic nitrogens is 1. The van der Waals surface area contributed by atoms with Gasteiger partial charge in [0.2, 0.25) is 5.91 Å². The lowest BCUT2D eigenvalue weighted by molar-refractivity contribution is -0.116. The summed E-state index contributed by atoms with van der Waals surface area (Å²) in [5.74, 6) is -1.94. The van der Waals surface area contributed by atoms with E-state index >= 15 is 0 Å². The monoisotopic (exact) mass is 311 g/mol. The van der Waals surface area contributed by atoms with Crippen molar-refractivity contribution in [1.29, 1.82) is 0 Å². The van der Waals surface area contributed by atoms with Gasteiger partial charge < -0.3 is 10.6 Å². The van der Waals surface area contributed by atoms with E-state index in [0.717, 1.165) is 12.1 Å². The van der Waals surface area contributed by atoms with E-state index in [0.29, 0.717) is 16.5 Å². The van der Waals surface area contributed by atoms with E-state index in [1.807, 2.05) is 0 Å². The van der Waals surface area contributed by atoms with E-state index in [9.17, 15) is 13.6 Å². The lowest BCUT2D eigenvalue weighted by Gasteiger charge is -2.15. The SMILES string of the molecule is CC(Nc1ccc(F)c(F)c1)C(=O)Nc1ccc(Cl)cn1. The Kier molecular flexibility index (Phi) is 4.70. The number of pyridine rings is 1. The van der Waals surface area contributed by atoms with Crippen LogP contribution >= 0.6 is 11.6 Å². The minimum Gasteiger partial charge on any atom is -0.374 e. The molecule has 7 heteroatoms. The first kappa shape index (κ1) is 15.2. The van der Waals surface area contributed by atoms with Crippen LogP contribution in [-0.2, 0) is 4.79 Å². The van der Waals surface area contributed by atoms with Crippen molar-refractivity contribution >= 4 is 29.0 Å². The Labute approximate surface area is 125 Å². The van der Waals surface area contributed by atoms with Crippen LogP contribution in [0.1, 0.15) is 6.92 Å². The summed E-state index contributed by atoms with van der Waals surface area (Å²) < 4.78 is 25.9. The number of nitrogens with one attached hydrogen (secondary N) is 2. The van der Waals surface area contributed by atoms with E-state index in [4.69, 9.17) is 11.6 Å². The van der Waals surface area contributed by atoms with Crippen molar-refractivity contribution in [3.8, 4) is 0 Å². The lowest BCUT2D eigenvalue weighted by Crippen LogP contribution is -2.32. The molecule has 4 nitrogen and oxygen atoms in total. The summed E-state index contributed by atoms with van der Waals surface area (Å²) in [6.07, 6.45) is 1.41. The highest BCUT2D eigenvalue weighted by Gasteiger charge is 2.14. The zero-order chi connectivity index (χ0) is 15.4. The molecule has 1 unspecified atom stereocenters. The number of carbonyl (C=O) groups is 1. The Bertz CT molecular complexity index is 649. The van der Waals surface area contributed by atoms with Gasteiger partial charge >= 0.3 is 0 Å². The molecule has 1 atom stereocenters. The number of halogens is 3. The molecule has 0 radical (unpaired) electrons. The normalized spacial score (nSPS) is 11.8. The van der Waals surface area contributed by atoms with Crippen molar-refractivity contribution in [1.82, 2.24) is 4.98 Å². The first-order valence-electron chi connectivity index (χ1n) is 6.09. The predicted molar refractivity (Wildman–Crippen MR) is 77.3 cm³/mol. The van der Waals surface area contributed by atoms with E-state index < -0.39 is 17.7 Å². The lowest BCUT2D eigenvalue weighted by atomic mass is 10.2. The van der Waals surface area contributed by atoms with Crippen LogP contribution in [0.2, 0.25) is 5.02 Å².